The summed E-state index contributed by atoms with van der Waals surface area (Å²) in [5.74, 6) is -1.17. The molecule has 0 heterocycles. The molecule has 1 aromatic carbocycles. The van der Waals surface area contributed by atoms with Crippen molar-refractivity contribution >= 4 is 31.7 Å². The van der Waals surface area contributed by atoms with Crippen molar-refractivity contribution in [2.45, 2.75) is 31.8 Å². The highest BCUT2D eigenvalue weighted by atomic mass is 79.9. The average Bonchev–Trinajstić information content (AvgIpc) is 3.14. The fourth-order valence-electron chi connectivity index (χ4n) is 2.40. The second-order valence-electron chi connectivity index (χ2n) is 5.51. The predicted molar refractivity (Wildman–Crippen MR) is 82.5 cm³/mol. The molecule has 1 aromatic rings. The lowest BCUT2D eigenvalue weighted by molar-refractivity contribution is 0.0688. The predicted octanol–water partition coefficient (Wildman–Crippen LogP) is 2.63. The van der Waals surface area contributed by atoms with Crippen LogP contribution >= 0.6 is 15.9 Å². The van der Waals surface area contributed by atoms with Gasteiger partial charge in [0.05, 0.1) is 11.3 Å². The second-order valence-corrected chi connectivity index (χ2v) is 8.61. The van der Waals surface area contributed by atoms with E-state index >= 15 is 0 Å². The van der Waals surface area contributed by atoms with Gasteiger partial charge in [0, 0.05) is 22.8 Å². The SMILES string of the molecule is CC(CS(C)(=O)=O)N(C(=O)c1cc(Br)ccc1F)C1CC1. The van der Waals surface area contributed by atoms with Crippen LogP contribution in [0.1, 0.15) is 30.1 Å². The van der Waals surface area contributed by atoms with E-state index in [9.17, 15) is 17.6 Å². The lowest BCUT2D eigenvalue weighted by atomic mass is 10.1. The van der Waals surface area contributed by atoms with Crippen LogP contribution in [0.25, 0.3) is 0 Å². The Morgan fingerprint density at radius 1 is 1.48 bits per heavy atom. The summed E-state index contributed by atoms with van der Waals surface area (Å²) in [7, 11) is -3.21. The molecular weight excluding hydrogens is 361 g/mol. The van der Waals surface area contributed by atoms with Gasteiger partial charge in [-0.25, -0.2) is 12.8 Å². The molecule has 0 aliphatic heterocycles. The third-order valence-electron chi connectivity index (χ3n) is 3.35. The summed E-state index contributed by atoms with van der Waals surface area (Å²) in [4.78, 5) is 14.1. The van der Waals surface area contributed by atoms with Crippen LogP contribution in [0.5, 0.6) is 0 Å². The van der Waals surface area contributed by atoms with Gasteiger partial charge in [0.1, 0.15) is 15.7 Å². The number of hydrogen-bond acceptors (Lipinski definition) is 3. The molecule has 1 aliphatic carbocycles. The van der Waals surface area contributed by atoms with E-state index < -0.39 is 27.6 Å². The van der Waals surface area contributed by atoms with Crippen molar-refractivity contribution in [3.63, 3.8) is 0 Å². The van der Waals surface area contributed by atoms with Crippen LogP contribution in [-0.2, 0) is 9.84 Å². The molecule has 0 spiro atoms. The highest BCUT2D eigenvalue weighted by Crippen LogP contribution is 2.31. The number of rotatable bonds is 5. The van der Waals surface area contributed by atoms with Crippen molar-refractivity contribution in [1.29, 1.82) is 0 Å². The Balaban J connectivity index is 2.30. The van der Waals surface area contributed by atoms with Crippen LogP contribution in [0.15, 0.2) is 22.7 Å². The molecule has 1 atom stereocenters. The zero-order chi connectivity index (χ0) is 15.8. The summed E-state index contributed by atoms with van der Waals surface area (Å²) < 4.78 is 37.4. The van der Waals surface area contributed by atoms with Crippen LogP contribution < -0.4 is 0 Å². The molecule has 21 heavy (non-hydrogen) atoms. The van der Waals surface area contributed by atoms with Gasteiger partial charge < -0.3 is 4.90 Å². The Bertz CT molecular complexity index is 658. The molecule has 1 amide bonds. The van der Waals surface area contributed by atoms with Crippen molar-refractivity contribution in [1.82, 2.24) is 4.90 Å². The molecule has 0 aromatic heterocycles. The maximum absolute atomic E-state index is 13.9. The summed E-state index contributed by atoms with van der Waals surface area (Å²) in [6.45, 7) is 1.69. The molecule has 4 nitrogen and oxygen atoms in total. The number of nitrogens with zero attached hydrogens (tertiary/aromatic N) is 1. The van der Waals surface area contributed by atoms with Gasteiger partial charge in [-0.1, -0.05) is 15.9 Å². The first kappa shape index (κ1) is 16.4. The summed E-state index contributed by atoms with van der Waals surface area (Å²) in [6, 6.07) is 3.71. The highest BCUT2D eigenvalue weighted by molar-refractivity contribution is 9.10. The van der Waals surface area contributed by atoms with Gasteiger partial charge in [0.15, 0.2) is 0 Å². The van der Waals surface area contributed by atoms with E-state index in [-0.39, 0.29) is 17.4 Å². The van der Waals surface area contributed by atoms with Gasteiger partial charge in [-0.15, -0.1) is 0 Å². The minimum atomic E-state index is -3.21. The second kappa shape index (κ2) is 6.04. The Morgan fingerprint density at radius 3 is 2.62 bits per heavy atom. The van der Waals surface area contributed by atoms with Crippen molar-refractivity contribution < 1.29 is 17.6 Å². The quantitative estimate of drug-likeness (QED) is 0.792. The van der Waals surface area contributed by atoms with E-state index in [1.807, 2.05) is 0 Å². The molecule has 116 valence electrons. The van der Waals surface area contributed by atoms with Crippen molar-refractivity contribution in [2.75, 3.05) is 12.0 Å². The number of carbonyl (C=O) groups is 1. The van der Waals surface area contributed by atoms with Gasteiger partial charge in [-0.05, 0) is 38.0 Å². The van der Waals surface area contributed by atoms with Gasteiger partial charge in [-0.2, -0.15) is 0 Å². The Morgan fingerprint density at radius 2 is 2.10 bits per heavy atom. The molecule has 0 saturated heterocycles. The zero-order valence-electron chi connectivity index (χ0n) is 11.8. The largest absolute Gasteiger partial charge is 0.332 e. The lowest BCUT2D eigenvalue weighted by Gasteiger charge is -2.29. The topological polar surface area (TPSA) is 54.5 Å². The molecule has 2 rings (SSSR count). The van der Waals surface area contributed by atoms with Gasteiger partial charge in [0.25, 0.3) is 5.91 Å². The third kappa shape index (κ3) is 4.26. The van der Waals surface area contributed by atoms with Crippen LogP contribution in [0.3, 0.4) is 0 Å². The van der Waals surface area contributed by atoms with Crippen molar-refractivity contribution in [2.24, 2.45) is 0 Å². The maximum atomic E-state index is 13.9. The molecule has 1 saturated carbocycles. The summed E-state index contributed by atoms with van der Waals surface area (Å²) in [6.07, 6.45) is 2.80. The number of hydrogen-bond donors (Lipinski definition) is 0. The molecule has 1 aliphatic rings. The fourth-order valence-corrected chi connectivity index (χ4v) is 3.80. The number of carbonyl (C=O) groups excluding carboxylic acids is 1. The number of amides is 1. The van der Waals surface area contributed by atoms with Gasteiger partial charge >= 0.3 is 0 Å². The molecule has 7 heteroatoms. The molecule has 0 radical (unpaired) electrons. The van der Waals surface area contributed by atoms with E-state index in [0.717, 1.165) is 19.1 Å². The van der Waals surface area contributed by atoms with Crippen LogP contribution in [-0.4, -0.2) is 43.3 Å². The number of benzene rings is 1. The summed E-state index contributed by atoms with van der Waals surface area (Å²) in [5, 5.41) is 0. The molecule has 0 N–H and O–H groups in total. The van der Waals surface area contributed by atoms with E-state index in [2.05, 4.69) is 15.9 Å². The molecule has 0 bridgehead atoms. The summed E-state index contributed by atoms with van der Waals surface area (Å²) in [5.41, 5.74) is -0.0309. The minimum Gasteiger partial charge on any atom is -0.332 e. The Hall–Kier alpha value is -0.950. The Labute approximate surface area is 132 Å². The molecule has 1 fully saturated rings. The van der Waals surface area contributed by atoms with E-state index in [0.29, 0.717) is 4.47 Å². The maximum Gasteiger partial charge on any atom is 0.257 e. The third-order valence-corrected chi connectivity index (χ3v) is 4.93. The highest BCUT2D eigenvalue weighted by Gasteiger charge is 2.37. The van der Waals surface area contributed by atoms with Crippen LogP contribution in [0, 0.1) is 5.82 Å². The smallest absolute Gasteiger partial charge is 0.257 e. The lowest BCUT2D eigenvalue weighted by Crippen LogP contribution is -2.44. The zero-order valence-corrected chi connectivity index (χ0v) is 14.2. The number of halogens is 2. The average molecular weight is 378 g/mol. The standard InChI is InChI=1S/C14H17BrFNO3S/c1-9(8-21(2,19)20)17(11-4-5-11)14(18)12-7-10(15)3-6-13(12)16/h3,6-7,9,11H,4-5,8H2,1-2H3. The van der Waals surface area contributed by atoms with Crippen molar-refractivity contribution in [3.8, 4) is 0 Å². The van der Waals surface area contributed by atoms with Crippen molar-refractivity contribution in [3.05, 3.63) is 34.1 Å². The first-order valence-corrected chi connectivity index (χ1v) is 9.50. The first-order chi connectivity index (χ1) is 9.69. The van der Waals surface area contributed by atoms with E-state index in [1.54, 1.807) is 6.92 Å². The van der Waals surface area contributed by atoms with Crippen LogP contribution in [0.2, 0.25) is 0 Å². The Kier molecular flexibility index (Phi) is 4.72. The minimum absolute atomic E-state index is 0.00707. The molecular formula is C14H17BrFNO3S. The van der Waals surface area contributed by atoms with E-state index in [4.69, 9.17) is 0 Å². The van der Waals surface area contributed by atoms with Crippen LogP contribution in [0.4, 0.5) is 4.39 Å². The fraction of sp³-hybridized carbons (Fsp3) is 0.500. The monoisotopic (exact) mass is 377 g/mol. The first-order valence-electron chi connectivity index (χ1n) is 6.64. The normalized spacial score (nSPS) is 16.6. The summed E-state index contributed by atoms with van der Waals surface area (Å²) >= 11 is 3.22. The van der Waals surface area contributed by atoms with E-state index in [1.165, 1.54) is 23.1 Å². The van der Waals surface area contributed by atoms with Gasteiger partial charge in [0.2, 0.25) is 0 Å². The number of sulfone groups is 1. The van der Waals surface area contributed by atoms with Gasteiger partial charge in [-0.3, -0.25) is 4.79 Å². The molecule has 1 unspecified atom stereocenters.